The topological polar surface area (TPSA) is 73.1 Å². The van der Waals surface area contributed by atoms with E-state index in [9.17, 15) is 4.79 Å². The number of hydrogen-bond donors (Lipinski definition) is 0. The lowest BCUT2D eigenvalue weighted by atomic mass is 10.0. The molecule has 2 rings (SSSR count). The molecule has 2 heterocycles. The van der Waals surface area contributed by atoms with Crippen LogP contribution in [0.2, 0.25) is 0 Å². The molecule has 0 unspecified atom stereocenters. The average molecular weight is 293 g/mol. The molecule has 1 amide bonds. The number of aromatic nitrogens is 2. The molecule has 0 bridgehead atoms. The first-order chi connectivity index (χ1) is 9.49. The molecule has 0 atom stereocenters. The molecule has 6 nitrogen and oxygen atoms in total. The second kappa shape index (κ2) is 5.85. The van der Waals surface area contributed by atoms with Gasteiger partial charge in [0.2, 0.25) is 0 Å². The van der Waals surface area contributed by atoms with Gasteiger partial charge in [-0.05, 0) is 31.8 Å². The summed E-state index contributed by atoms with van der Waals surface area (Å²) in [6.07, 6.45) is 0.721. The van der Waals surface area contributed by atoms with E-state index in [-0.39, 0.29) is 5.91 Å². The third-order valence-electron chi connectivity index (χ3n) is 3.72. The van der Waals surface area contributed by atoms with Crippen LogP contribution in [-0.4, -0.2) is 57.0 Å². The van der Waals surface area contributed by atoms with E-state index in [0.717, 1.165) is 25.2 Å². The molecule has 0 radical (unpaired) electrons. The van der Waals surface area contributed by atoms with Gasteiger partial charge in [0.15, 0.2) is 0 Å². The normalized spacial score (nSPS) is 17.0. The van der Waals surface area contributed by atoms with Gasteiger partial charge in [0, 0.05) is 26.2 Å². The molecule has 1 aliphatic heterocycles. The minimum Gasteiger partial charge on any atom is -0.335 e. The van der Waals surface area contributed by atoms with Crippen LogP contribution in [0.5, 0.6) is 0 Å². The molecule has 1 aliphatic rings. The molecule has 0 N–H and O–H groups in total. The lowest BCUT2D eigenvalue weighted by Gasteiger charge is -2.40. The highest BCUT2D eigenvalue weighted by molar-refractivity contribution is 7.08. The van der Waals surface area contributed by atoms with Crippen molar-refractivity contribution in [1.29, 1.82) is 5.26 Å². The van der Waals surface area contributed by atoms with Gasteiger partial charge in [-0.3, -0.25) is 9.69 Å². The van der Waals surface area contributed by atoms with E-state index >= 15 is 0 Å². The molecular weight excluding hydrogens is 274 g/mol. The Hall–Kier alpha value is -1.52. The molecule has 1 fully saturated rings. The maximum Gasteiger partial charge on any atom is 0.267 e. The van der Waals surface area contributed by atoms with Crippen molar-refractivity contribution in [2.45, 2.75) is 32.7 Å². The molecule has 108 valence electrons. The predicted molar refractivity (Wildman–Crippen MR) is 76.5 cm³/mol. The van der Waals surface area contributed by atoms with Crippen molar-refractivity contribution in [2.24, 2.45) is 0 Å². The molecule has 7 heteroatoms. The summed E-state index contributed by atoms with van der Waals surface area (Å²) < 4.78 is 3.87. The third-order valence-corrected chi connectivity index (χ3v) is 4.47. The van der Waals surface area contributed by atoms with E-state index in [1.807, 2.05) is 25.7 Å². The average Bonchev–Trinajstić information content (AvgIpc) is 2.95. The Kier molecular flexibility index (Phi) is 4.35. The maximum atomic E-state index is 12.4. The first kappa shape index (κ1) is 14.9. The summed E-state index contributed by atoms with van der Waals surface area (Å²) in [5, 5.41) is 13.1. The molecule has 0 saturated carbocycles. The number of carbonyl (C=O) groups is 1. The van der Waals surface area contributed by atoms with Crippen molar-refractivity contribution in [1.82, 2.24) is 19.4 Å². The standard InChI is InChI=1S/C13H19N5OS/c1-4-10-11(20-16-15-10)12(19)17-5-7-18(8-6-17)13(2,3)9-14/h4-8H2,1-3H3. The van der Waals surface area contributed by atoms with Gasteiger partial charge in [-0.1, -0.05) is 11.4 Å². The summed E-state index contributed by atoms with van der Waals surface area (Å²) in [4.78, 5) is 17.0. The highest BCUT2D eigenvalue weighted by Crippen LogP contribution is 2.19. The van der Waals surface area contributed by atoms with Crippen LogP contribution < -0.4 is 0 Å². The van der Waals surface area contributed by atoms with Crippen molar-refractivity contribution in [3.05, 3.63) is 10.6 Å². The zero-order valence-electron chi connectivity index (χ0n) is 12.1. The van der Waals surface area contributed by atoms with Crippen LogP contribution in [0.3, 0.4) is 0 Å². The van der Waals surface area contributed by atoms with E-state index in [1.165, 1.54) is 11.5 Å². The minimum atomic E-state index is -0.476. The molecule has 20 heavy (non-hydrogen) atoms. The maximum absolute atomic E-state index is 12.4. The van der Waals surface area contributed by atoms with Gasteiger partial charge in [-0.15, -0.1) is 5.10 Å². The fourth-order valence-electron chi connectivity index (χ4n) is 2.29. The second-order valence-electron chi connectivity index (χ2n) is 5.35. The largest absolute Gasteiger partial charge is 0.335 e. The first-order valence-corrected chi connectivity index (χ1v) is 7.53. The Labute approximate surface area is 123 Å². The minimum absolute atomic E-state index is 0.0197. The molecule has 0 aliphatic carbocycles. The van der Waals surface area contributed by atoms with Crippen molar-refractivity contribution < 1.29 is 4.79 Å². The lowest BCUT2D eigenvalue weighted by Crippen LogP contribution is -2.55. The Balaban J connectivity index is 2.01. The zero-order chi connectivity index (χ0) is 14.8. The number of nitrogens with zero attached hydrogens (tertiary/aromatic N) is 5. The Morgan fingerprint density at radius 1 is 1.40 bits per heavy atom. The molecule has 0 spiro atoms. The number of carbonyl (C=O) groups excluding carboxylic acids is 1. The van der Waals surface area contributed by atoms with Gasteiger partial charge < -0.3 is 4.90 Å². The molecule has 1 aromatic rings. The predicted octanol–water partition coefficient (Wildman–Crippen LogP) is 1.16. The van der Waals surface area contributed by atoms with Crippen LogP contribution in [0.15, 0.2) is 0 Å². The number of piperazine rings is 1. The summed E-state index contributed by atoms with van der Waals surface area (Å²) in [5.41, 5.74) is 0.301. The van der Waals surface area contributed by atoms with E-state index in [0.29, 0.717) is 18.0 Å². The first-order valence-electron chi connectivity index (χ1n) is 6.76. The molecule has 0 aromatic carbocycles. The van der Waals surface area contributed by atoms with Crippen LogP contribution in [0.1, 0.15) is 36.1 Å². The Morgan fingerprint density at radius 2 is 2.05 bits per heavy atom. The molecule has 1 aromatic heterocycles. The number of nitriles is 1. The van der Waals surface area contributed by atoms with Crippen molar-refractivity contribution in [2.75, 3.05) is 26.2 Å². The number of rotatable bonds is 3. The molecular formula is C13H19N5OS. The summed E-state index contributed by atoms with van der Waals surface area (Å²) in [7, 11) is 0. The number of amides is 1. The van der Waals surface area contributed by atoms with Gasteiger partial charge in [0.05, 0.1) is 11.8 Å². The SMILES string of the molecule is CCc1nnsc1C(=O)N1CCN(C(C)(C)C#N)CC1. The van der Waals surface area contributed by atoms with Crippen LogP contribution in [0.4, 0.5) is 0 Å². The van der Waals surface area contributed by atoms with E-state index < -0.39 is 5.54 Å². The fourth-order valence-corrected chi connectivity index (χ4v) is 3.00. The zero-order valence-corrected chi connectivity index (χ0v) is 12.9. The number of hydrogen-bond acceptors (Lipinski definition) is 6. The van der Waals surface area contributed by atoms with Gasteiger partial charge in [-0.2, -0.15) is 5.26 Å². The van der Waals surface area contributed by atoms with Crippen LogP contribution in [0.25, 0.3) is 0 Å². The van der Waals surface area contributed by atoms with Crippen molar-refractivity contribution >= 4 is 17.4 Å². The monoisotopic (exact) mass is 293 g/mol. The number of aryl methyl sites for hydroxylation is 1. The highest BCUT2D eigenvalue weighted by atomic mass is 32.1. The summed E-state index contributed by atoms with van der Waals surface area (Å²) in [6, 6.07) is 2.31. The van der Waals surface area contributed by atoms with Gasteiger partial charge >= 0.3 is 0 Å². The van der Waals surface area contributed by atoms with Crippen molar-refractivity contribution in [3.63, 3.8) is 0 Å². The quantitative estimate of drug-likeness (QED) is 0.836. The second-order valence-corrected chi connectivity index (χ2v) is 6.11. The van der Waals surface area contributed by atoms with E-state index in [4.69, 9.17) is 5.26 Å². The lowest BCUT2D eigenvalue weighted by molar-refractivity contribution is 0.0524. The van der Waals surface area contributed by atoms with E-state index in [1.54, 1.807) is 0 Å². The van der Waals surface area contributed by atoms with Gasteiger partial charge in [0.1, 0.15) is 10.4 Å². The van der Waals surface area contributed by atoms with Gasteiger partial charge in [-0.25, -0.2) is 0 Å². The van der Waals surface area contributed by atoms with Crippen LogP contribution >= 0.6 is 11.5 Å². The highest BCUT2D eigenvalue weighted by Gasteiger charge is 2.32. The third kappa shape index (κ3) is 2.81. The van der Waals surface area contributed by atoms with Crippen LogP contribution in [-0.2, 0) is 6.42 Å². The van der Waals surface area contributed by atoms with E-state index in [2.05, 4.69) is 20.6 Å². The summed E-state index contributed by atoms with van der Waals surface area (Å²) >= 11 is 1.17. The smallest absolute Gasteiger partial charge is 0.267 e. The van der Waals surface area contributed by atoms with Gasteiger partial charge in [0.25, 0.3) is 5.91 Å². The molecule has 1 saturated heterocycles. The fraction of sp³-hybridized carbons (Fsp3) is 0.692. The Bertz CT molecular complexity index is 525. The summed E-state index contributed by atoms with van der Waals surface area (Å²) in [6.45, 7) is 8.52. The van der Waals surface area contributed by atoms with Crippen molar-refractivity contribution in [3.8, 4) is 6.07 Å². The van der Waals surface area contributed by atoms with Crippen LogP contribution in [0, 0.1) is 11.3 Å². The Morgan fingerprint density at radius 3 is 2.60 bits per heavy atom. The summed E-state index contributed by atoms with van der Waals surface area (Å²) in [5.74, 6) is 0.0197.